The van der Waals surface area contributed by atoms with Gasteiger partial charge in [0.1, 0.15) is 35.6 Å². The van der Waals surface area contributed by atoms with Gasteiger partial charge in [-0.25, -0.2) is 16.8 Å². The fraction of sp³-hybridized carbons (Fsp3) is 0.873. The first-order chi connectivity index (χ1) is 37.9. The monoisotopic (exact) mass is 1230 g/mol. The van der Waals surface area contributed by atoms with Gasteiger partial charge in [0.15, 0.2) is 0 Å². The minimum Gasteiger partial charge on any atom is -0.726 e. The van der Waals surface area contributed by atoms with Crippen molar-refractivity contribution < 1.29 is 171 Å². The molecule has 11 aliphatic rings. The van der Waals surface area contributed by atoms with E-state index in [1.165, 1.54) is 19.1 Å². The zero-order valence-electron chi connectivity index (χ0n) is 48.6. The molecule has 83 heavy (non-hydrogen) atoms. The van der Waals surface area contributed by atoms with Gasteiger partial charge in [0, 0.05) is 51.4 Å². The Morgan fingerprint density at radius 2 is 1.31 bits per heavy atom. The second-order valence-electron chi connectivity index (χ2n) is 26.0. The van der Waals surface area contributed by atoms with Crippen LogP contribution in [-0.4, -0.2) is 215 Å². The third-order valence-corrected chi connectivity index (χ3v) is 20.9. The largest absolute Gasteiger partial charge is 1.00 e. The molecule has 458 valence electrons. The standard InChI is InChI=1S/C55H82O24S2.2Na/c1-9-29(56)28(50(58)59)11-10-13-51(4,60)49-26(2)17-38-37(74-49)23-45-55(8,77-38)48(57)47-41(73-45)21-40-46(75-47)27(3)25-54(7)43(72-40)24-42-53(6,79-54)14-12-30-31(71-42)18-33-32(68-30)19-34-35(69-33)20-39-36(70-34)22-44(78-81(64,65)66)52(5,76-39)15-16-67-80(61,62)63;;/h9-10,13,27-49,56-57,60H,1-2,11-12,14-25H2,3-8H3,(H,58,59)(H,61,62,63)(H,64,65,66);;/q;2*+1/p-2/b13-10+;;/t27-,28?,29?,30-,31+,32+,33-,34-,35+,36+,37+,38-,39-,40-,41+,42-,43+,44-,45-,46+,47+,48+,49-,51+,52+,53+,54-,55-;;/m0../s1. The van der Waals surface area contributed by atoms with Crippen LogP contribution in [0.3, 0.4) is 0 Å². The molecule has 11 rings (SSSR count). The Balaban J connectivity index is 0.00000414. The number of allylic oxidation sites excluding steroid dienone is 1. The van der Waals surface area contributed by atoms with E-state index in [1.54, 1.807) is 6.92 Å². The van der Waals surface area contributed by atoms with E-state index in [9.17, 15) is 51.2 Å². The second-order valence-corrected chi connectivity index (χ2v) is 28.0. The molecule has 0 aliphatic carbocycles. The molecule has 0 saturated carbocycles. The maximum Gasteiger partial charge on any atom is 1.00 e. The molecule has 0 radical (unpaired) electrons. The topological polar surface area (TPSA) is 332 Å². The number of carboxylic acids is 1. The van der Waals surface area contributed by atoms with Crippen LogP contribution < -0.4 is 59.1 Å². The van der Waals surface area contributed by atoms with E-state index >= 15 is 0 Å². The number of rotatable bonds is 13. The summed E-state index contributed by atoms with van der Waals surface area (Å²) >= 11 is 0. The normalized spacial score (nSPS) is 49.0. The maximum atomic E-state index is 12.3. The van der Waals surface area contributed by atoms with Gasteiger partial charge in [-0.3, -0.25) is 13.2 Å². The van der Waals surface area contributed by atoms with E-state index in [0.717, 1.165) is 6.08 Å². The van der Waals surface area contributed by atoms with Gasteiger partial charge in [-0.05, 0) is 78.2 Å². The summed E-state index contributed by atoms with van der Waals surface area (Å²) in [4.78, 5) is 11.8. The fourth-order valence-electron chi connectivity index (χ4n) is 15.8. The van der Waals surface area contributed by atoms with Crippen molar-refractivity contribution in [3.8, 4) is 0 Å². The van der Waals surface area contributed by atoms with Crippen molar-refractivity contribution in [2.24, 2.45) is 11.8 Å². The van der Waals surface area contributed by atoms with Crippen LogP contribution in [-0.2, 0) is 86.1 Å². The van der Waals surface area contributed by atoms with Crippen LogP contribution in [0.25, 0.3) is 0 Å². The summed E-state index contributed by atoms with van der Waals surface area (Å²) in [7, 11) is -10.3. The van der Waals surface area contributed by atoms with Crippen molar-refractivity contribution in [1.82, 2.24) is 0 Å². The molecule has 11 aliphatic heterocycles. The van der Waals surface area contributed by atoms with Crippen LogP contribution in [0.1, 0.15) is 125 Å². The van der Waals surface area contributed by atoms with E-state index in [2.05, 4.69) is 38.1 Å². The van der Waals surface area contributed by atoms with Gasteiger partial charge in [-0.2, -0.15) is 0 Å². The molecule has 11 saturated heterocycles. The average molecular weight is 1240 g/mol. The van der Waals surface area contributed by atoms with Gasteiger partial charge < -0.3 is 81.6 Å². The van der Waals surface area contributed by atoms with Gasteiger partial charge in [-0.1, -0.05) is 31.7 Å². The van der Waals surface area contributed by atoms with Crippen LogP contribution in [0.5, 0.6) is 0 Å². The molecule has 28 heteroatoms. The van der Waals surface area contributed by atoms with Gasteiger partial charge in [-0.15, -0.1) is 6.58 Å². The number of carboxylic acid groups (broad SMARTS) is 1. The Labute approximate surface area is 530 Å². The molecule has 28 atom stereocenters. The molecule has 2 unspecified atom stereocenters. The molecule has 24 nitrogen and oxygen atoms in total. The molecule has 4 N–H and O–H groups in total. The number of hydrogen-bond donors (Lipinski definition) is 4. The summed E-state index contributed by atoms with van der Waals surface area (Å²) in [6, 6.07) is 0. The number of fused-ring (bicyclic) bond motifs is 10. The molecule has 11 fully saturated rings. The Morgan fingerprint density at radius 3 is 1.95 bits per heavy atom. The predicted octanol–water partition coefficient (Wildman–Crippen LogP) is -3.50. The molecule has 0 bridgehead atoms. The Hall–Kier alpha value is -0.130. The first-order valence-electron chi connectivity index (χ1n) is 28.7. The first-order valence-corrected chi connectivity index (χ1v) is 31.4. The van der Waals surface area contributed by atoms with Gasteiger partial charge in [0.05, 0.1) is 133 Å². The molecule has 0 aromatic rings. The van der Waals surface area contributed by atoms with E-state index < -0.39 is 165 Å². The zero-order chi connectivity index (χ0) is 58.1. The van der Waals surface area contributed by atoms with Crippen molar-refractivity contribution in [2.45, 2.75) is 281 Å². The van der Waals surface area contributed by atoms with Crippen molar-refractivity contribution in [1.29, 1.82) is 0 Å². The van der Waals surface area contributed by atoms with Gasteiger partial charge in [0.2, 0.25) is 20.8 Å². The third kappa shape index (κ3) is 13.5. The number of hydrogen-bond acceptors (Lipinski definition) is 23. The molecular formula is C55H80Na2O24S2. The fourth-order valence-corrected chi connectivity index (χ4v) is 16.6. The molecule has 0 spiro atoms. The summed E-state index contributed by atoms with van der Waals surface area (Å²) in [5.74, 6) is -2.40. The van der Waals surface area contributed by atoms with E-state index in [4.69, 9.17) is 56.3 Å². The average Bonchev–Trinajstić information content (AvgIpc) is 3.88. The number of aliphatic hydroxyl groups is 3. The second kappa shape index (κ2) is 24.8. The summed E-state index contributed by atoms with van der Waals surface area (Å²) in [6.45, 7) is 18.3. The number of aliphatic carboxylic acids is 1. The summed E-state index contributed by atoms with van der Waals surface area (Å²) in [5.41, 5.74) is -5.19. The predicted molar refractivity (Wildman–Crippen MR) is 275 cm³/mol. The van der Waals surface area contributed by atoms with E-state index in [0.29, 0.717) is 69.8 Å². The van der Waals surface area contributed by atoms with Crippen LogP contribution in [0.15, 0.2) is 37.0 Å². The van der Waals surface area contributed by atoms with Crippen molar-refractivity contribution >= 4 is 26.8 Å². The molecular weight excluding hydrogens is 1150 g/mol. The van der Waals surface area contributed by atoms with Crippen LogP contribution >= 0.6 is 0 Å². The van der Waals surface area contributed by atoms with Crippen LogP contribution in [0.4, 0.5) is 0 Å². The summed E-state index contributed by atoms with van der Waals surface area (Å²) < 4.78 is 154. The van der Waals surface area contributed by atoms with Crippen LogP contribution in [0.2, 0.25) is 0 Å². The van der Waals surface area contributed by atoms with E-state index in [1.807, 2.05) is 6.92 Å². The first kappa shape index (κ1) is 67.3. The SMILES string of the molecule is C=CC(O)C(C/C=C/[C@@](C)(O)[C@H]1O[C@@H]2C[C@@H]3O[C@@H]4C[C@@H]5O[C@@H]6C[C@@H]7O[C@@H]8C[C@@H]9O[C@@H]%10C[C@@H]%11O[C@](C)(CCOS(=O)(=O)[O-])[C@@H](OS(=O)(=O)[O-])C[C@H]%11O[C@H]%10C[C@H]9O[C@H]8CC[C@@]7(C)O[C@@]6(C)C[C@H](C)[C@H]5O[C@H]4[C@@H](O)[C@@]3(C)O[C@H]2CC1=C)C(=O)O.[Na+].[Na+]. The van der Waals surface area contributed by atoms with Gasteiger partial charge in [0.25, 0.3) is 0 Å². The van der Waals surface area contributed by atoms with Crippen molar-refractivity contribution in [3.63, 3.8) is 0 Å². The number of aliphatic hydroxyl groups excluding tert-OH is 2. The zero-order valence-corrected chi connectivity index (χ0v) is 54.2. The molecule has 0 aromatic heterocycles. The van der Waals surface area contributed by atoms with E-state index in [-0.39, 0.29) is 115 Å². The Bertz CT molecular complexity index is 2650. The quantitative estimate of drug-likeness (QED) is 0.0602. The Morgan fingerprint density at radius 1 is 0.747 bits per heavy atom. The smallest absolute Gasteiger partial charge is 0.726 e. The van der Waals surface area contributed by atoms with Crippen LogP contribution in [0, 0.1) is 11.8 Å². The minimum absolute atomic E-state index is 0. The number of carbonyl (C=O) groups is 1. The summed E-state index contributed by atoms with van der Waals surface area (Å²) in [5, 5.41) is 43.8. The van der Waals surface area contributed by atoms with Crippen molar-refractivity contribution in [2.75, 3.05) is 6.61 Å². The Kier molecular flexibility index (Phi) is 20.1. The van der Waals surface area contributed by atoms with Gasteiger partial charge >= 0.3 is 65.1 Å². The molecule has 11 heterocycles. The summed E-state index contributed by atoms with van der Waals surface area (Å²) in [6.07, 6.45) is -4.18. The van der Waals surface area contributed by atoms with Crippen molar-refractivity contribution in [3.05, 3.63) is 37.0 Å². The molecule has 0 amide bonds. The minimum atomic E-state index is -5.22. The number of ether oxygens (including phenoxy) is 11. The third-order valence-electron chi connectivity index (χ3n) is 20.0. The maximum absolute atomic E-state index is 12.3. The molecule has 0 aromatic carbocycles.